The van der Waals surface area contributed by atoms with Crippen LogP contribution in [0.25, 0.3) is 0 Å². The molecule has 1 unspecified atom stereocenters. The highest BCUT2D eigenvalue weighted by molar-refractivity contribution is 9.10. The maximum Gasteiger partial charge on any atom is 0.329 e. The van der Waals surface area contributed by atoms with Crippen molar-refractivity contribution in [2.45, 2.75) is 13.0 Å². The first-order valence-electron chi connectivity index (χ1n) is 5.99. The maximum atomic E-state index is 11.7. The number of aliphatic carboxylic acids is 1. The molecule has 0 spiro atoms. The number of para-hydroxylation sites is 1. The van der Waals surface area contributed by atoms with Crippen LogP contribution in [0.5, 0.6) is 5.75 Å². The van der Waals surface area contributed by atoms with Gasteiger partial charge in [-0.3, -0.25) is 4.79 Å². The largest absolute Gasteiger partial charge is 0.480 e. The summed E-state index contributed by atoms with van der Waals surface area (Å²) < 4.78 is 11.1. The molecule has 0 aliphatic carbocycles. The van der Waals surface area contributed by atoms with E-state index in [2.05, 4.69) is 21.2 Å². The molecule has 0 fully saturated rings. The van der Waals surface area contributed by atoms with Crippen LogP contribution >= 0.6 is 15.9 Å². The van der Waals surface area contributed by atoms with Crippen molar-refractivity contribution in [3.63, 3.8) is 0 Å². The number of ether oxygens (including phenoxy) is 2. The normalized spacial score (nSPS) is 11.7. The zero-order valence-corrected chi connectivity index (χ0v) is 12.6. The molecule has 6 nitrogen and oxygen atoms in total. The smallest absolute Gasteiger partial charge is 0.329 e. The number of carboxylic acids is 1. The van der Waals surface area contributed by atoms with Crippen molar-refractivity contribution in [2.24, 2.45) is 0 Å². The number of rotatable bonds is 8. The molecule has 0 aliphatic rings. The Labute approximate surface area is 125 Å². The summed E-state index contributed by atoms with van der Waals surface area (Å²) in [6, 6.07) is 7.23. The predicted octanol–water partition coefficient (Wildman–Crippen LogP) is 1.43. The molecule has 1 rings (SSSR count). The highest BCUT2D eigenvalue weighted by atomic mass is 79.9. The van der Waals surface area contributed by atoms with Crippen molar-refractivity contribution in [1.82, 2.24) is 5.32 Å². The van der Waals surface area contributed by atoms with Gasteiger partial charge in [-0.05, 0) is 35.0 Å². The van der Waals surface area contributed by atoms with Crippen LogP contribution in [0.4, 0.5) is 0 Å². The Morgan fingerprint density at radius 1 is 1.40 bits per heavy atom. The van der Waals surface area contributed by atoms with Gasteiger partial charge in [-0.1, -0.05) is 12.1 Å². The summed E-state index contributed by atoms with van der Waals surface area (Å²) in [5.41, 5.74) is 0. The van der Waals surface area contributed by atoms with Gasteiger partial charge in [0.15, 0.2) is 6.10 Å². The second-order valence-corrected chi connectivity index (χ2v) is 4.78. The highest BCUT2D eigenvalue weighted by Gasteiger charge is 2.15. The van der Waals surface area contributed by atoms with E-state index in [0.29, 0.717) is 5.75 Å². The first kappa shape index (κ1) is 16.5. The van der Waals surface area contributed by atoms with Gasteiger partial charge in [0.25, 0.3) is 5.91 Å². The van der Waals surface area contributed by atoms with Gasteiger partial charge in [-0.15, -0.1) is 0 Å². The van der Waals surface area contributed by atoms with Crippen molar-refractivity contribution < 1.29 is 24.2 Å². The summed E-state index contributed by atoms with van der Waals surface area (Å²) in [5.74, 6) is -0.751. The Morgan fingerprint density at radius 3 is 2.75 bits per heavy atom. The van der Waals surface area contributed by atoms with Crippen molar-refractivity contribution >= 4 is 27.8 Å². The lowest BCUT2D eigenvalue weighted by Crippen LogP contribution is -2.38. The van der Waals surface area contributed by atoms with Gasteiger partial charge in [0.05, 0.1) is 11.1 Å². The molecule has 20 heavy (non-hydrogen) atoms. The first-order valence-corrected chi connectivity index (χ1v) is 6.78. The third-order valence-electron chi connectivity index (χ3n) is 2.28. The third-order valence-corrected chi connectivity index (χ3v) is 2.94. The average Bonchev–Trinajstić information content (AvgIpc) is 2.40. The lowest BCUT2D eigenvalue weighted by Gasteiger charge is -2.15. The topological polar surface area (TPSA) is 84.9 Å². The SMILES string of the molecule is CC(Oc1ccccc1Br)C(=O)NCCOCC(=O)O. The van der Waals surface area contributed by atoms with Crippen LogP contribution in [-0.2, 0) is 14.3 Å². The Bertz CT molecular complexity index is 466. The van der Waals surface area contributed by atoms with Crippen LogP contribution < -0.4 is 10.1 Å². The molecule has 0 saturated heterocycles. The number of hydrogen-bond acceptors (Lipinski definition) is 4. The van der Waals surface area contributed by atoms with Crippen LogP contribution in [0.2, 0.25) is 0 Å². The van der Waals surface area contributed by atoms with Gasteiger partial charge in [0.2, 0.25) is 0 Å². The molecule has 0 heterocycles. The van der Waals surface area contributed by atoms with Gasteiger partial charge >= 0.3 is 5.97 Å². The summed E-state index contributed by atoms with van der Waals surface area (Å²) in [6.45, 7) is 1.63. The minimum atomic E-state index is -1.04. The van der Waals surface area contributed by atoms with Crippen molar-refractivity contribution in [3.05, 3.63) is 28.7 Å². The Balaban J connectivity index is 2.29. The summed E-state index contributed by atoms with van der Waals surface area (Å²) >= 11 is 3.33. The van der Waals surface area contributed by atoms with Crippen LogP contribution in [0, 0.1) is 0 Å². The molecule has 0 radical (unpaired) electrons. The average molecular weight is 346 g/mol. The molecule has 1 aromatic carbocycles. The number of nitrogens with one attached hydrogen (secondary N) is 1. The number of carbonyl (C=O) groups excluding carboxylic acids is 1. The quantitative estimate of drug-likeness (QED) is 0.696. The fourth-order valence-corrected chi connectivity index (χ4v) is 1.71. The monoisotopic (exact) mass is 345 g/mol. The summed E-state index contributed by atoms with van der Waals surface area (Å²) in [5, 5.41) is 11.0. The maximum absolute atomic E-state index is 11.7. The fraction of sp³-hybridized carbons (Fsp3) is 0.385. The zero-order chi connectivity index (χ0) is 15.0. The molecule has 1 amide bonds. The van der Waals surface area contributed by atoms with Crippen molar-refractivity contribution in [2.75, 3.05) is 19.8 Å². The first-order chi connectivity index (χ1) is 9.50. The van der Waals surface area contributed by atoms with E-state index in [0.717, 1.165) is 4.47 Å². The number of halogens is 1. The summed E-state index contributed by atoms with van der Waals surface area (Å²) in [7, 11) is 0. The third kappa shape index (κ3) is 6.03. The number of carbonyl (C=O) groups is 2. The van der Waals surface area contributed by atoms with E-state index in [1.165, 1.54) is 0 Å². The van der Waals surface area contributed by atoms with E-state index in [1.807, 2.05) is 18.2 Å². The molecule has 0 aromatic heterocycles. The van der Waals surface area contributed by atoms with Gasteiger partial charge in [0.1, 0.15) is 12.4 Å². The van der Waals surface area contributed by atoms with Crippen LogP contribution in [0.15, 0.2) is 28.7 Å². The standard InChI is InChI=1S/C13H16BrNO5/c1-9(20-11-5-3-2-4-10(11)14)13(18)15-6-7-19-8-12(16)17/h2-5,9H,6-8H2,1H3,(H,15,18)(H,16,17). The zero-order valence-electron chi connectivity index (χ0n) is 11.0. The molecular weight excluding hydrogens is 330 g/mol. The minimum Gasteiger partial charge on any atom is -0.480 e. The Kier molecular flexibility index (Phi) is 7.03. The number of carboxylic acid groups (broad SMARTS) is 1. The summed E-state index contributed by atoms with van der Waals surface area (Å²) in [6.07, 6.45) is -0.659. The second-order valence-electron chi connectivity index (χ2n) is 3.93. The van der Waals surface area contributed by atoms with E-state index in [4.69, 9.17) is 14.6 Å². The van der Waals surface area contributed by atoms with Gasteiger partial charge in [0, 0.05) is 6.54 Å². The predicted molar refractivity (Wildman–Crippen MR) is 75.7 cm³/mol. The molecule has 0 aliphatic heterocycles. The van der Waals surface area contributed by atoms with E-state index in [1.54, 1.807) is 13.0 Å². The van der Waals surface area contributed by atoms with E-state index < -0.39 is 12.1 Å². The molecule has 0 saturated carbocycles. The van der Waals surface area contributed by atoms with Gasteiger partial charge in [-0.25, -0.2) is 4.79 Å². The number of amides is 1. The van der Waals surface area contributed by atoms with Crippen molar-refractivity contribution in [1.29, 1.82) is 0 Å². The number of hydrogen-bond donors (Lipinski definition) is 2. The lowest BCUT2D eigenvalue weighted by molar-refractivity contribution is -0.142. The van der Waals surface area contributed by atoms with E-state index in [-0.39, 0.29) is 25.7 Å². The molecule has 110 valence electrons. The lowest BCUT2D eigenvalue weighted by atomic mass is 10.3. The van der Waals surface area contributed by atoms with Crippen molar-refractivity contribution in [3.8, 4) is 5.75 Å². The molecule has 0 bridgehead atoms. The molecule has 1 atom stereocenters. The Morgan fingerprint density at radius 2 is 2.10 bits per heavy atom. The van der Waals surface area contributed by atoms with E-state index >= 15 is 0 Å². The molecule has 1 aromatic rings. The van der Waals surface area contributed by atoms with Crippen LogP contribution in [0.3, 0.4) is 0 Å². The Hall–Kier alpha value is -1.60. The van der Waals surface area contributed by atoms with Gasteiger partial charge < -0.3 is 19.9 Å². The van der Waals surface area contributed by atoms with E-state index in [9.17, 15) is 9.59 Å². The fourth-order valence-electron chi connectivity index (χ4n) is 1.33. The van der Waals surface area contributed by atoms with Crippen LogP contribution in [0.1, 0.15) is 6.92 Å². The second kappa shape index (κ2) is 8.55. The minimum absolute atomic E-state index is 0.139. The molecule has 7 heteroatoms. The highest BCUT2D eigenvalue weighted by Crippen LogP contribution is 2.24. The molecular formula is C13H16BrNO5. The van der Waals surface area contributed by atoms with Crippen LogP contribution in [-0.4, -0.2) is 42.8 Å². The molecule has 2 N–H and O–H groups in total. The van der Waals surface area contributed by atoms with Gasteiger partial charge in [-0.2, -0.15) is 0 Å². The number of benzene rings is 1. The summed E-state index contributed by atoms with van der Waals surface area (Å²) in [4.78, 5) is 21.9.